The lowest BCUT2D eigenvalue weighted by Gasteiger charge is -2.17. The molecule has 0 bridgehead atoms. The highest BCUT2D eigenvalue weighted by atomic mass is 19.1. The number of hydrogen-bond donors (Lipinski definition) is 3. The van der Waals surface area contributed by atoms with Crippen LogP contribution in [0.2, 0.25) is 0 Å². The van der Waals surface area contributed by atoms with Crippen molar-refractivity contribution in [2.45, 2.75) is 38.1 Å². The van der Waals surface area contributed by atoms with Gasteiger partial charge in [-0.05, 0) is 13.3 Å². The fourth-order valence-corrected chi connectivity index (χ4v) is 0.862. The summed E-state index contributed by atoms with van der Waals surface area (Å²) in [5, 5.41) is 17.3. The molecule has 0 fully saturated rings. The van der Waals surface area contributed by atoms with Gasteiger partial charge in [0, 0.05) is 6.04 Å². The average Bonchev–Trinajstić information content (AvgIpc) is 1.84. The quantitative estimate of drug-likeness (QED) is 0.550. The zero-order valence-corrected chi connectivity index (χ0v) is 6.90. The Hall–Kier alpha value is -0.680. The molecule has 0 spiro atoms. The first-order valence-corrected chi connectivity index (χ1v) is 3.73. The van der Waals surface area contributed by atoms with Crippen LogP contribution in [0.1, 0.15) is 19.8 Å². The number of carboxylic acid groups (broad SMARTS) is 1. The van der Waals surface area contributed by atoms with Gasteiger partial charge in [0.2, 0.25) is 0 Å². The summed E-state index contributed by atoms with van der Waals surface area (Å²) >= 11 is 0. The molecule has 72 valence electrons. The maximum Gasteiger partial charge on any atom is 0.306 e. The van der Waals surface area contributed by atoms with Crippen LogP contribution in [0, 0.1) is 0 Å². The zero-order valence-electron chi connectivity index (χ0n) is 6.90. The van der Waals surface area contributed by atoms with Gasteiger partial charge in [-0.25, -0.2) is 4.39 Å². The summed E-state index contributed by atoms with van der Waals surface area (Å²) in [4.78, 5) is 10.1. The number of nitrogens with two attached hydrogens (primary N) is 1. The minimum atomic E-state index is -1.17. The molecule has 0 aromatic heterocycles. The Morgan fingerprint density at radius 1 is 1.67 bits per heavy atom. The van der Waals surface area contributed by atoms with Crippen LogP contribution >= 0.6 is 0 Å². The van der Waals surface area contributed by atoms with Crippen LogP contribution in [-0.4, -0.2) is 34.5 Å². The molecule has 12 heavy (non-hydrogen) atoms. The molecule has 1 unspecified atom stereocenters. The molecule has 4 nitrogen and oxygen atoms in total. The first kappa shape index (κ1) is 11.3. The third-order valence-electron chi connectivity index (χ3n) is 1.47. The van der Waals surface area contributed by atoms with Crippen molar-refractivity contribution in [2.24, 2.45) is 5.73 Å². The van der Waals surface area contributed by atoms with E-state index in [9.17, 15) is 9.18 Å². The second-order valence-electron chi connectivity index (χ2n) is 2.85. The van der Waals surface area contributed by atoms with Crippen LogP contribution in [0.4, 0.5) is 4.39 Å². The van der Waals surface area contributed by atoms with E-state index in [1.165, 1.54) is 6.92 Å². The molecule has 5 heteroatoms. The van der Waals surface area contributed by atoms with Gasteiger partial charge in [0.1, 0.15) is 0 Å². The molecule has 0 rings (SSSR count). The van der Waals surface area contributed by atoms with E-state index in [4.69, 9.17) is 15.9 Å². The van der Waals surface area contributed by atoms with E-state index in [1.807, 2.05) is 0 Å². The summed E-state index contributed by atoms with van der Waals surface area (Å²) in [6.45, 7) is 1.31. The van der Waals surface area contributed by atoms with Crippen molar-refractivity contribution in [2.75, 3.05) is 0 Å². The fourth-order valence-electron chi connectivity index (χ4n) is 0.862. The number of aliphatic hydroxyl groups is 1. The van der Waals surface area contributed by atoms with Crippen LogP contribution in [0.3, 0.4) is 0 Å². The van der Waals surface area contributed by atoms with Crippen molar-refractivity contribution in [3.05, 3.63) is 0 Å². The summed E-state index contributed by atoms with van der Waals surface area (Å²) in [5.41, 5.74) is 5.31. The summed E-state index contributed by atoms with van der Waals surface area (Å²) in [5.74, 6) is -1.13. The predicted molar refractivity (Wildman–Crippen MR) is 41.4 cm³/mol. The largest absolute Gasteiger partial charge is 0.481 e. The highest BCUT2D eigenvalue weighted by Crippen LogP contribution is 2.06. The van der Waals surface area contributed by atoms with E-state index < -0.39 is 30.7 Å². The van der Waals surface area contributed by atoms with Crippen LogP contribution in [0.15, 0.2) is 0 Å². The monoisotopic (exact) mass is 179 g/mol. The average molecular weight is 179 g/mol. The number of halogens is 1. The summed E-state index contributed by atoms with van der Waals surface area (Å²) in [7, 11) is 0. The Labute approximate surface area is 70.2 Å². The summed E-state index contributed by atoms with van der Waals surface area (Å²) in [6.07, 6.45) is -2.74. The van der Waals surface area contributed by atoms with Crippen LogP contribution in [-0.2, 0) is 4.79 Å². The minimum absolute atomic E-state index is 0.0194. The van der Waals surface area contributed by atoms with Gasteiger partial charge >= 0.3 is 5.97 Å². The van der Waals surface area contributed by atoms with E-state index in [0.717, 1.165) is 0 Å². The third-order valence-corrected chi connectivity index (χ3v) is 1.47. The van der Waals surface area contributed by atoms with Crippen LogP contribution in [0.5, 0.6) is 0 Å². The van der Waals surface area contributed by atoms with E-state index in [1.54, 1.807) is 0 Å². The second kappa shape index (κ2) is 5.05. The highest BCUT2D eigenvalue weighted by molar-refractivity contribution is 5.67. The Balaban J connectivity index is 3.76. The molecule has 0 aliphatic carbocycles. The van der Waals surface area contributed by atoms with Gasteiger partial charge < -0.3 is 15.9 Å². The highest BCUT2D eigenvalue weighted by Gasteiger charge is 2.19. The number of hydrogen-bond acceptors (Lipinski definition) is 3. The molecule has 0 amide bonds. The molecular formula is C7H14FNO3. The Morgan fingerprint density at radius 2 is 2.17 bits per heavy atom. The first-order chi connectivity index (χ1) is 5.43. The number of rotatable bonds is 5. The SMILES string of the molecule is CC(F)C[C@H](N)[C@@H](O)CC(=O)O. The van der Waals surface area contributed by atoms with E-state index in [0.29, 0.717) is 0 Å². The van der Waals surface area contributed by atoms with Crippen LogP contribution in [0.25, 0.3) is 0 Å². The van der Waals surface area contributed by atoms with Gasteiger partial charge in [-0.3, -0.25) is 4.79 Å². The Bertz CT molecular complexity index is 152. The maximum absolute atomic E-state index is 12.3. The minimum Gasteiger partial charge on any atom is -0.481 e. The third kappa shape index (κ3) is 5.03. The van der Waals surface area contributed by atoms with Gasteiger partial charge in [-0.1, -0.05) is 0 Å². The van der Waals surface area contributed by atoms with Gasteiger partial charge in [-0.15, -0.1) is 0 Å². The van der Waals surface area contributed by atoms with E-state index >= 15 is 0 Å². The zero-order chi connectivity index (χ0) is 9.72. The molecule has 0 aromatic rings. The van der Waals surface area contributed by atoms with Crippen molar-refractivity contribution >= 4 is 5.97 Å². The van der Waals surface area contributed by atoms with Crippen molar-refractivity contribution < 1.29 is 19.4 Å². The predicted octanol–water partition coefficient (Wildman–Crippen LogP) is -0.103. The first-order valence-electron chi connectivity index (χ1n) is 3.73. The Morgan fingerprint density at radius 3 is 2.50 bits per heavy atom. The van der Waals surface area contributed by atoms with Crippen molar-refractivity contribution in [1.29, 1.82) is 0 Å². The van der Waals surface area contributed by atoms with E-state index in [-0.39, 0.29) is 6.42 Å². The number of alkyl halides is 1. The van der Waals surface area contributed by atoms with Crippen LogP contribution < -0.4 is 5.73 Å². The normalized spacial score (nSPS) is 18.3. The summed E-state index contributed by atoms with van der Waals surface area (Å²) in [6, 6.07) is -0.805. The summed E-state index contributed by atoms with van der Waals surface area (Å²) < 4.78 is 12.3. The molecule has 3 atom stereocenters. The fraction of sp³-hybridized carbons (Fsp3) is 0.857. The standard InChI is InChI=1S/C7H14FNO3/c1-4(8)2-5(9)6(10)3-7(11)12/h4-6,10H,2-3,9H2,1H3,(H,11,12)/t4?,5-,6-/m0/s1. The molecule has 0 aromatic carbocycles. The van der Waals surface area contributed by atoms with Crippen molar-refractivity contribution in [3.63, 3.8) is 0 Å². The topological polar surface area (TPSA) is 83.5 Å². The number of carboxylic acids is 1. The lowest BCUT2D eigenvalue weighted by Crippen LogP contribution is -2.37. The van der Waals surface area contributed by atoms with Crippen molar-refractivity contribution in [1.82, 2.24) is 0 Å². The molecule has 4 N–H and O–H groups in total. The van der Waals surface area contributed by atoms with Crippen molar-refractivity contribution in [3.8, 4) is 0 Å². The second-order valence-corrected chi connectivity index (χ2v) is 2.85. The molecule has 0 radical (unpaired) electrons. The smallest absolute Gasteiger partial charge is 0.306 e. The number of aliphatic carboxylic acids is 1. The molecule has 0 aliphatic rings. The maximum atomic E-state index is 12.3. The molecule has 0 saturated carbocycles. The van der Waals surface area contributed by atoms with Gasteiger partial charge in [-0.2, -0.15) is 0 Å². The molecule has 0 aliphatic heterocycles. The van der Waals surface area contributed by atoms with Gasteiger partial charge in [0.25, 0.3) is 0 Å². The van der Waals surface area contributed by atoms with Gasteiger partial charge in [0.05, 0.1) is 18.7 Å². The van der Waals surface area contributed by atoms with E-state index in [2.05, 4.69) is 0 Å². The molecular weight excluding hydrogens is 165 g/mol. The number of carbonyl (C=O) groups is 1. The van der Waals surface area contributed by atoms with Gasteiger partial charge in [0.15, 0.2) is 0 Å². The number of aliphatic hydroxyl groups excluding tert-OH is 1. The lowest BCUT2D eigenvalue weighted by molar-refractivity contribution is -0.139. The Kier molecular flexibility index (Phi) is 4.77. The molecule has 0 heterocycles. The molecule has 0 saturated heterocycles. The lowest BCUT2D eigenvalue weighted by atomic mass is 10.0.